The van der Waals surface area contributed by atoms with Crippen LogP contribution in [0.5, 0.6) is 5.75 Å². The number of hydrogen-bond acceptors (Lipinski definition) is 13. The maximum absolute atomic E-state index is 11.9. The number of non-ortho nitro benzene ring substituents is 1. The second-order valence-electron chi connectivity index (χ2n) is 8.84. The van der Waals surface area contributed by atoms with Gasteiger partial charge in [0.05, 0.1) is 18.1 Å². The lowest BCUT2D eigenvalue weighted by Crippen LogP contribution is -2.69. The van der Waals surface area contributed by atoms with Crippen LogP contribution in [0.4, 0.5) is 5.69 Å². The molecular formula is C22H31N3O13. The van der Waals surface area contributed by atoms with Crippen LogP contribution >= 0.6 is 0 Å². The molecule has 0 saturated carbocycles. The first-order valence-corrected chi connectivity index (χ1v) is 11.6. The molecule has 16 nitrogen and oxygen atoms in total. The van der Waals surface area contributed by atoms with Gasteiger partial charge < -0.3 is 55.1 Å². The molecule has 16 heteroatoms. The minimum atomic E-state index is -1.63. The number of nitro groups is 1. The summed E-state index contributed by atoms with van der Waals surface area (Å²) < 4.78 is 22.8. The third-order valence-corrected chi connectivity index (χ3v) is 6.06. The van der Waals surface area contributed by atoms with Gasteiger partial charge in [0, 0.05) is 26.0 Å². The van der Waals surface area contributed by atoms with Crippen molar-refractivity contribution in [2.24, 2.45) is 0 Å². The highest BCUT2D eigenvalue weighted by atomic mass is 16.7. The largest absolute Gasteiger partial charge is 0.463 e. The molecule has 0 aromatic heterocycles. The summed E-state index contributed by atoms with van der Waals surface area (Å²) in [6.07, 6.45) is -11.8. The Morgan fingerprint density at radius 1 is 0.895 bits per heavy atom. The van der Waals surface area contributed by atoms with Gasteiger partial charge in [-0.25, -0.2) is 0 Å². The predicted molar refractivity (Wildman–Crippen MR) is 123 cm³/mol. The molecule has 2 saturated heterocycles. The molecule has 3 rings (SSSR count). The van der Waals surface area contributed by atoms with Crippen LogP contribution in [0.1, 0.15) is 13.8 Å². The van der Waals surface area contributed by atoms with E-state index in [2.05, 4.69) is 10.6 Å². The number of nitro benzene ring substituents is 1. The molecule has 2 aliphatic rings. The van der Waals surface area contributed by atoms with Crippen LogP contribution in [0.2, 0.25) is 0 Å². The maximum Gasteiger partial charge on any atom is 0.269 e. The van der Waals surface area contributed by atoms with Crippen molar-refractivity contribution in [3.8, 4) is 5.75 Å². The summed E-state index contributed by atoms with van der Waals surface area (Å²) in [6.45, 7) is 0.888. The molecule has 10 atom stereocenters. The predicted octanol–water partition coefficient (Wildman–Crippen LogP) is -3.11. The van der Waals surface area contributed by atoms with Crippen molar-refractivity contribution in [1.82, 2.24) is 10.6 Å². The number of carbonyl (C=O) groups excluding carboxylic acids is 2. The van der Waals surface area contributed by atoms with Crippen molar-refractivity contribution in [2.45, 2.75) is 75.1 Å². The Hall–Kier alpha value is -2.96. The SMILES string of the molecule is CC(=O)N[C@H]1[C@H](Oc2ccc([N+](=O)[O-])cc2)O[C@H](CO)[C@@H](O[C@@H]2O[C@H](CO)[C@@H](O)[C@H](O)[C@H]2NC(C)=O)[C@@H]1O. The topological polar surface area (TPSA) is 239 Å². The standard InChI is InChI=1S/C22H31N3O13/c1-9(28)23-15-18(31)17(30)13(7-26)36-22(15)38-20-14(8-27)37-21(16(19(20)32)24-10(2)29)35-12-5-3-11(4-6-12)25(33)34/h3-6,13-22,26-27,30-32H,7-8H2,1-2H3,(H,23,28)(H,24,29)/t13-,14-,15-,16-,17-,18-,19-,20-,21-,22+/m1/s1. The molecule has 1 aromatic carbocycles. The van der Waals surface area contributed by atoms with Crippen molar-refractivity contribution >= 4 is 17.5 Å². The van der Waals surface area contributed by atoms with Crippen molar-refractivity contribution < 1.29 is 59.0 Å². The fraction of sp³-hybridized carbons (Fsp3) is 0.636. The number of rotatable bonds is 9. The number of aliphatic hydroxyl groups excluding tert-OH is 5. The number of nitrogens with one attached hydrogen (secondary N) is 2. The number of benzene rings is 1. The fourth-order valence-electron chi connectivity index (χ4n) is 4.25. The lowest BCUT2D eigenvalue weighted by molar-refractivity contribution is -0.384. The van der Waals surface area contributed by atoms with E-state index in [-0.39, 0.29) is 11.4 Å². The molecule has 2 fully saturated rings. The van der Waals surface area contributed by atoms with Gasteiger partial charge in [-0.05, 0) is 12.1 Å². The van der Waals surface area contributed by atoms with Crippen molar-refractivity contribution in [3.05, 3.63) is 34.4 Å². The first-order valence-electron chi connectivity index (χ1n) is 11.6. The molecule has 0 spiro atoms. The highest BCUT2D eigenvalue weighted by Crippen LogP contribution is 2.31. The third-order valence-electron chi connectivity index (χ3n) is 6.06. The second kappa shape index (κ2) is 12.7. The van der Waals surface area contributed by atoms with Gasteiger partial charge in [-0.2, -0.15) is 0 Å². The zero-order valence-corrected chi connectivity index (χ0v) is 20.4. The monoisotopic (exact) mass is 545 g/mol. The van der Waals surface area contributed by atoms with E-state index in [1.54, 1.807) is 0 Å². The Labute approximate surface area is 216 Å². The molecule has 212 valence electrons. The van der Waals surface area contributed by atoms with Crippen LogP contribution in [-0.4, -0.2) is 117 Å². The number of hydrogen-bond donors (Lipinski definition) is 7. The van der Waals surface area contributed by atoms with Crippen molar-refractivity contribution in [2.75, 3.05) is 13.2 Å². The van der Waals surface area contributed by atoms with Crippen LogP contribution in [0.15, 0.2) is 24.3 Å². The fourth-order valence-corrected chi connectivity index (χ4v) is 4.25. The Morgan fingerprint density at radius 2 is 1.42 bits per heavy atom. The van der Waals surface area contributed by atoms with Crippen LogP contribution in [0.25, 0.3) is 0 Å². The average Bonchev–Trinajstić information content (AvgIpc) is 2.86. The Balaban J connectivity index is 1.86. The highest BCUT2D eigenvalue weighted by Gasteiger charge is 2.52. The number of ether oxygens (including phenoxy) is 4. The normalized spacial score (nSPS) is 35.2. The van der Waals surface area contributed by atoms with E-state index < -0.39 is 91.2 Å². The lowest BCUT2D eigenvalue weighted by Gasteiger charge is -2.48. The van der Waals surface area contributed by atoms with Gasteiger partial charge in [0.25, 0.3) is 5.69 Å². The van der Waals surface area contributed by atoms with Gasteiger partial charge in [0.15, 0.2) is 6.29 Å². The Morgan fingerprint density at radius 3 is 1.92 bits per heavy atom. The number of aliphatic hydroxyl groups is 5. The number of amides is 2. The van der Waals surface area contributed by atoms with Crippen LogP contribution in [-0.2, 0) is 23.8 Å². The molecule has 0 radical (unpaired) electrons. The van der Waals surface area contributed by atoms with E-state index in [9.17, 15) is 45.2 Å². The molecular weight excluding hydrogens is 514 g/mol. The molecule has 0 aliphatic carbocycles. The molecule has 1 aromatic rings. The van der Waals surface area contributed by atoms with Crippen molar-refractivity contribution in [3.63, 3.8) is 0 Å². The Kier molecular flexibility index (Phi) is 9.91. The molecule has 38 heavy (non-hydrogen) atoms. The van der Waals surface area contributed by atoms with Crippen molar-refractivity contribution in [1.29, 1.82) is 0 Å². The molecule has 2 heterocycles. The number of carbonyl (C=O) groups is 2. The minimum absolute atomic E-state index is 0.100. The summed E-state index contributed by atoms with van der Waals surface area (Å²) in [7, 11) is 0. The molecule has 0 unspecified atom stereocenters. The van der Waals surface area contributed by atoms with Gasteiger partial charge in [0.1, 0.15) is 54.5 Å². The zero-order chi connectivity index (χ0) is 28.1. The van der Waals surface area contributed by atoms with E-state index >= 15 is 0 Å². The van der Waals surface area contributed by atoms with E-state index in [4.69, 9.17) is 18.9 Å². The first-order chi connectivity index (χ1) is 18.0. The smallest absolute Gasteiger partial charge is 0.269 e. The van der Waals surface area contributed by atoms with Gasteiger partial charge >= 0.3 is 0 Å². The Bertz CT molecular complexity index is 980. The summed E-state index contributed by atoms with van der Waals surface area (Å²) in [4.78, 5) is 33.9. The van der Waals surface area contributed by atoms with Gasteiger partial charge in [-0.1, -0.05) is 0 Å². The van der Waals surface area contributed by atoms with Gasteiger partial charge in [-0.3, -0.25) is 19.7 Å². The molecule has 7 N–H and O–H groups in total. The van der Waals surface area contributed by atoms with E-state index in [0.717, 1.165) is 6.92 Å². The van der Waals surface area contributed by atoms with E-state index in [1.807, 2.05) is 0 Å². The van der Waals surface area contributed by atoms with E-state index in [1.165, 1.54) is 31.2 Å². The molecule has 2 amide bonds. The summed E-state index contributed by atoms with van der Waals surface area (Å²) >= 11 is 0. The summed E-state index contributed by atoms with van der Waals surface area (Å²) in [5, 5.41) is 67.2. The molecule has 2 aliphatic heterocycles. The minimum Gasteiger partial charge on any atom is -0.463 e. The average molecular weight is 545 g/mol. The van der Waals surface area contributed by atoms with Gasteiger partial charge in [-0.15, -0.1) is 0 Å². The lowest BCUT2D eigenvalue weighted by atomic mass is 9.94. The number of nitrogens with zero attached hydrogens (tertiary/aromatic N) is 1. The van der Waals surface area contributed by atoms with Crippen LogP contribution in [0.3, 0.4) is 0 Å². The third kappa shape index (κ3) is 6.72. The van der Waals surface area contributed by atoms with Crippen LogP contribution < -0.4 is 15.4 Å². The second-order valence-corrected chi connectivity index (χ2v) is 8.84. The maximum atomic E-state index is 11.9. The summed E-state index contributed by atoms with van der Waals surface area (Å²) in [5.74, 6) is -1.09. The van der Waals surface area contributed by atoms with Crippen LogP contribution in [0, 0.1) is 10.1 Å². The van der Waals surface area contributed by atoms with Gasteiger partial charge in [0.2, 0.25) is 18.1 Å². The molecule has 0 bridgehead atoms. The zero-order valence-electron chi connectivity index (χ0n) is 20.4. The first kappa shape index (κ1) is 29.6. The summed E-state index contributed by atoms with van der Waals surface area (Å²) in [6, 6.07) is 2.29. The summed E-state index contributed by atoms with van der Waals surface area (Å²) in [5.41, 5.74) is -0.197. The highest BCUT2D eigenvalue weighted by molar-refractivity contribution is 5.73. The quantitative estimate of drug-likeness (QED) is 0.120. The van der Waals surface area contributed by atoms with E-state index in [0.29, 0.717) is 0 Å².